The Balaban J connectivity index is 0.702. The lowest BCUT2D eigenvalue weighted by Crippen LogP contribution is -2.54. The van der Waals surface area contributed by atoms with E-state index in [1.807, 2.05) is 36.4 Å². The van der Waals surface area contributed by atoms with Crippen LogP contribution in [0.2, 0.25) is 5.02 Å². The Morgan fingerprint density at radius 1 is 0.822 bits per heavy atom. The molecule has 1 aliphatic heterocycles. The molecule has 6 aromatic rings. The van der Waals surface area contributed by atoms with Gasteiger partial charge in [-0.25, -0.2) is 14.4 Å². The minimum Gasteiger partial charge on any atom is -0.491 e. The molecule has 1 unspecified atom stereocenters. The number of carbonyl (C=O) groups is 5. The fraction of sp³-hybridized carbons (Fsp3) is 0.327. The maximum atomic E-state index is 13.6. The van der Waals surface area contributed by atoms with Crippen LogP contribution in [-0.4, -0.2) is 124 Å². The van der Waals surface area contributed by atoms with E-state index < -0.39 is 23.8 Å². The molecule has 1 saturated heterocycles. The van der Waals surface area contributed by atoms with Crippen molar-refractivity contribution in [2.75, 3.05) is 77.9 Å². The Bertz CT molecular complexity index is 2850. The average Bonchev–Trinajstić information content (AvgIpc) is 3.86. The van der Waals surface area contributed by atoms with Gasteiger partial charge >= 0.3 is 0 Å². The number of aryl methyl sites for hydroxylation is 1. The molecule has 0 radical (unpaired) electrons. The minimum atomic E-state index is -1.12. The number of carbonyl (C=O) groups excluding carboxylic acids is 5. The standard InChI is InChI=1S/C52H54ClFN6O13/c1-34-4-2-7-46(49(34)52(65)60(33-61)43-12-15-47(62)59-51(43)64)71-17-16-55-48(63)31-70-25-23-68-21-19-66-18-20-67-22-24-69-30-39-10-14-44(73-39)36-8-11-42-40(27-36)50(57-32-56-42)58-38-9-13-45(41(53)28-38)72-29-35-5-3-6-37(54)26-35/h2-11,13-14,26-28,32-33,43H,12,15-25,29-31H2,1H3,(H,55,63)(H,56,57,58)(H,59,62,64). The lowest BCUT2D eigenvalue weighted by atomic mass is 10.0. The molecule has 3 heterocycles. The summed E-state index contributed by atoms with van der Waals surface area (Å²) in [6.07, 6.45) is 1.77. The predicted molar refractivity (Wildman–Crippen MR) is 264 cm³/mol. The van der Waals surface area contributed by atoms with E-state index in [-0.39, 0.29) is 88.5 Å². The monoisotopic (exact) mass is 1020 g/mol. The fourth-order valence-corrected chi connectivity index (χ4v) is 7.67. The second kappa shape index (κ2) is 27.5. The van der Waals surface area contributed by atoms with Crippen LogP contribution in [0.5, 0.6) is 11.5 Å². The summed E-state index contributed by atoms with van der Waals surface area (Å²) >= 11 is 6.54. The van der Waals surface area contributed by atoms with Crippen LogP contribution in [0.25, 0.3) is 22.2 Å². The first-order valence-corrected chi connectivity index (χ1v) is 23.7. The molecule has 3 N–H and O–H groups in total. The molecule has 1 aliphatic rings. The van der Waals surface area contributed by atoms with E-state index in [0.29, 0.717) is 84.6 Å². The molecule has 21 heteroatoms. The number of anilines is 2. The maximum Gasteiger partial charge on any atom is 0.265 e. The van der Waals surface area contributed by atoms with Crippen LogP contribution in [-0.2, 0) is 56.1 Å². The summed E-state index contributed by atoms with van der Waals surface area (Å²) in [5.41, 5.74) is 3.55. The highest BCUT2D eigenvalue weighted by Gasteiger charge is 2.36. The van der Waals surface area contributed by atoms with Crippen molar-refractivity contribution in [3.8, 4) is 22.8 Å². The molecular formula is C52H54ClFN6O13. The van der Waals surface area contributed by atoms with Gasteiger partial charge in [-0.3, -0.25) is 34.2 Å². The third kappa shape index (κ3) is 15.8. The van der Waals surface area contributed by atoms with Crippen molar-refractivity contribution in [3.05, 3.63) is 131 Å². The number of nitrogens with zero attached hydrogens (tertiary/aromatic N) is 3. The highest BCUT2D eigenvalue weighted by atomic mass is 35.5. The first kappa shape index (κ1) is 53.5. The number of fused-ring (bicyclic) bond motifs is 1. The smallest absolute Gasteiger partial charge is 0.265 e. The van der Waals surface area contributed by atoms with E-state index in [2.05, 4.69) is 25.9 Å². The highest BCUT2D eigenvalue weighted by molar-refractivity contribution is 6.32. The summed E-state index contributed by atoms with van der Waals surface area (Å²) in [4.78, 5) is 71.1. The molecule has 5 amide bonds. The Morgan fingerprint density at radius 2 is 1.58 bits per heavy atom. The van der Waals surface area contributed by atoms with Gasteiger partial charge in [-0.1, -0.05) is 35.9 Å². The second-order valence-corrected chi connectivity index (χ2v) is 16.7. The molecule has 0 spiro atoms. The van der Waals surface area contributed by atoms with Crippen molar-refractivity contribution >= 4 is 64.0 Å². The van der Waals surface area contributed by atoms with Crippen molar-refractivity contribution in [1.82, 2.24) is 25.5 Å². The number of halogens is 2. The van der Waals surface area contributed by atoms with E-state index in [4.69, 9.17) is 49.2 Å². The summed E-state index contributed by atoms with van der Waals surface area (Å²) in [6.45, 7) is 4.59. The molecule has 4 aromatic carbocycles. The van der Waals surface area contributed by atoms with Crippen LogP contribution >= 0.6 is 11.6 Å². The van der Waals surface area contributed by atoms with Crippen LogP contribution in [0.1, 0.15) is 40.1 Å². The third-order valence-corrected chi connectivity index (χ3v) is 11.3. The summed E-state index contributed by atoms with van der Waals surface area (Å²) in [6, 6.07) is 24.8. The number of hydrogen-bond acceptors (Lipinski definition) is 16. The Labute approximate surface area is 424 Å². The number of nitrogens with one attached hydrogen (secondary N) is 3. The highest BCUT2D eigenvalue weighted by Crippen LogP contribution is 2.33. The van der Waals surface area contributed by atoms with E-state index in [9.17, 15) is 28.4 Å². The zero-order valence-electron chi connectivity index (χ0n) is 39.9. The van der Waals surface area contributed by atoms with Crippen LogP contribution in [0.15, 0.2) is 102 Å². The molecule has 1 atom stereocenters. The largest absolute Gasteiger partial charge is 0.491 e. The molecule has 384 valence electrons. The van der Waals surface area contributed by atoms with Gasteiger partial charge in [-0.2, -0.15) is 0 Å². The van der Waals surface area contributed by atoms with Gasteiger partial charge in [0.1, 0.15) is 73.5 Å². The average molecular weight is 1030 g/mol. The maximum absolute atomic E-state index is 13.6. The molecule has 0 bridgehead atoms. The number of benzene rings is 4. The first-order valence-electron chi connectivity index (χ1n) is 23.3. The second-order valence-electron chi connectivity index (χ2n) is 16.3. The van der Waals surface area contributed by atoms with Gasteiger partial charge in [0.05, 0.1) is 75.5 Å². The summed E-state index contributed by atoms with van der Waals surface area (Å²) in [5.74, 6) is -0.125. The number of rotatable bonds is 29. The van der Waals surface area contributed by atoms with Crippen molar-refractivity contribution in [3.63, 3.8) is 0 Å². The van der Waals surface area contributed by atoms with Crippen molar-refractivity contribution in [2.24, 2.45) is 0 Å². The summed E-state index contributed by atoms with van der Waals surface area (Å²) < 4.78 is 59.0. The Morgan fingerprint density at radius 3 is 2.32 bits per heavy atom. The molecule has 19 nitrogen and oxygen atoms in total. The number of amides is 5. The number of imide groups is 2. The van der Waals surface area contributed by atoms with Crippen LogP contribution in [0, 0.1) is 12.7 Å². The van der Waals surface area contributed by atoms with Crippen LogP contribution in [0.4, 0.5) is 15.9 Å². The quantitative estimate of drug-likeness (QED) is 0.0259. The van der Waals surface area contributed by atoms with E-state index in [1.54, 1.807) is 49.4 Å². The first-order chi connectivity index (χ1) is 35.6. The van der Waals surface area contributed by atoms with Crippen LogP contribution in [0.3, 0.4) is 0 Å². The van der Waals surface area contributed by atoms with E-state index in [1.165, 1.54) is 18.5 Å². The zero-order valence-corrected chi connectivity index (χ0v) is 40.7. The molecule has 73 heavy (non-hydrogen) atoms. The lowest BCUT2D eigenvalue weighted by molar-refractivity contribution is -0.139. The van der Waals surface area contributed by atoms with Gasteiger partial charge in [0, 0.05) is 23.1 Å². The van der Waals surface area contributed by atoms with Gasteiger partial charge in [-0.05, 0) is 91.2 Å². The van der Waals surface area contributed by atoms with Gasteiger partial charge in [0.25, 0.3) is 5.91 Å². The van der Waals surface area contributed by atoms with Crippen LogP contribution < -0.4 is 25.4 Å². The molecular weight excluding hydrogens is 971 g/mol. The van der Waals surface area contributed by atoms with E-state index in [0.717, 1.165) is 21.4 Å². The Kier molecular flexibility index (Phi) is 20.1. The normalized spacial score (nSPS) is 13.4. The predicted octanol–water partition coefficient (Wildman–Crippen LogP) is 6.50. The number of aromatic nitrogens is 2. The minimum absolute atomic E-state index is 0.000843. The molecule has 0 saturated carbocycles. The number of piperidine rings is 1. The van der Waals surface area contributed by atoms with Crippen molar-refractivity contribution < 1.29 is 65.9 Å². The number of hydrogen-bond donors (Lipinski definition) is 3. The zero-order chi connectivity index (χ0) is 51.4. The molecule has 7 rings (SSSR count). The third-order valence-electron chi connectivity index (χ3n) is 11.0. The van der Waals surface area contributed by atoms with Gasteiger partial charge in [0.15, 0.2) is 0 Å². The number of furan rings is 1. The van der Waals surface area contributed by atoms with Crippen molar-refractivity contribution in [2.45, 2.75) is 39.0 Å². The fourth-order valence-electron chi connectivity index (χ4n) is 7.43. The summed E-state index contributed by atoms with van der Waals surface area (Å²) in [5, 5.41) is 9.29. The lowest BCUT2D eigenvalue weighted by Gasteiger charge is -2.29. The molecule has 0 aliphatic carbocycles. The van der Waals surface area contributed by atoms with Gasteiger partial charge in [0.2, 0.25) is 24.1 Å². The van der Waals surface area contributed by atoms with Crippen molar-refractivity contribution in [1.29, 1.82) is 0 Å². The van der Waals surface area contributed by atoms with Gasteiger partial charge in [-0.15, -0.1) is 0 Å². The summed E-state index contributed by atoms with van der Waals surface area (Å²) in [7, 11) is 0. The molecule has 1 fully saturated rings. The van der Waals surface area contributed by atoms with Gasteiger partial charge < -0.3 is 48.2 Å². The SMILES string of the molecule is Cc1cccc(OCCNC(=O)COCCOCCOCCOCCOCc2ccc(-c3ccc4ncnc(Nc5ccc(OCc6cccc(F)c6)c(Cl)c5)c4c3)o2)c1C(=O)N(C=O)C1CCC(=O)NC1=O. The topological polar surface area (TPSA) is 228 Å². The number of ether oxygens (including phenoxy) is 7. The Hall–Kier alpha value is -7.33. The molecule has 2 aromatic heterocycles. The van der Waals surface area contributed by atoms with E-state index >= 15 is 0 Å².